The van der Waals surface area contributed by atoms with Crippen molar-refractivity contribution in [3.05, 3.63) is 71.8 Å². The van der Waals surface area contributed by atoms with E-state index in [9.17, 15) is 18.8 Å². The van der Waals surface area contributed by atoms with Crippen molar-refractivity contribution in [2.24, 2.45) is 0 Å². The average Bonchev–Trinajstić information content (AvgIpc) is 3.58. The minimum Gasteiger partial charge on any atom is -0.324 e. The summed E-state index contributed by atoms with van der Waals surface area (Å²) in [5.74, 6) is -0.737. The van der Waals surface area contributed by atoms with E-state index in [2.05, 4.69) is 20.8 Å². The van der Waals surface area contributed by atoms with Crippen molar-refractivity contribution in [3.63, 3.8) is 0 Å². The maximum atomic E-state index is 14.3. The highest BCUT2D eigenvalue weighted by atomic mass is 32.2. The van der Waals surface area contributed by atoms with Gasteiger partial charge >= 0.3 is 6.03 Å². The van der Waals surface area contributed by atoms with Crippen molar-refractivity contribution >= 4 is 29.6 Å². The Bertz CT molecular complexity index is 1270. The highest BCUT2D eigenvalue weighted by Crippen LogP contribution is 2.39. The first-order valence-electron chi connectivity index (χ1n) is 10.5. The molecule has 2 aromatic carbocycles. The first kappa shape index (κ1) is 22.0. The number of urea groups is 1. The number of nitrogens with one attached hydrogen (secondary N) is 1. The summed E-state index contributed by atoms with van der Waals surface area (Å²) < 4.78 is 15.8. The summed E-state index contributed by atoms with van der Waals surface area (Å²) in [6, 6.07) is 12.5. The Morgan fingerprint density at radius 2 is 2.06 bits per heavy atom. The van der Waals surface area contributed by atoms with Gasteiger partial charge in [-0.25, -0.2) is 13.9 Å². The number of nitrogens with zero attached hydrogens (tertiary/aromatic N) is 6. The topological polar surface area (TPSA) is 113 Å². The fraction of sp³-hybridized carbons (Fsp3) is 0.273. The number of hydrogen-bond acceptors (Lipinski definition) is 7. The third-order valence-corrected chi connectivity index (χ3v) is 7.23. The lowest BCUT2D eigenvalue weighted by molar-refractivity contribution is -0.139. The highest BCUT2D eigenvalue weighted by molar-refractivity contribution is 7.99. The number of benzene rings is 2. The second-order valence-electron chi connectivity index (χ2n) is 8.08. The van der Waals surface area contributed by atoms with Crippen LogP contribution >= 0.6 is 11.8 Å². The molecule has 0 radical (unpaired) electrons. The summed E-state index contributed by atoms with van der Waals surface area (Å²) in [6.45, 7) is 1.56. The smallest absolute Gasteiger partial charge is 0.324 e. The number of imide groups is 1. The highest BCUT2D eigenvalue weighted by Gasteiger charge is 2.50. The number of tetrazole rings is 1. The number of hydrogen-bond donors (Lipinski definition) is 1. The van der Waals surface area contributed by atoms with Crippen molar-refractivity contribution in [2.75, 3.05) is 18.8 Å². The maximum absolute atomic E-state index is 14.3. The average molecular weight is 482 g/mol. The standard InChI is InChI=1S/C22H20FN7O3S/c1-22(14-5-4-6-15(11-14)30-13-24-26-27-30)20(32)29(21(33)25-22)12-18(31)28-9-10-34-19(28)16-7-2-3-8-17(16)23/h2-8,11,13,19H,9-10,12H2,1H3,(H,25,33)/t19-,22+/m0/s1. The van der Waals surface area contributed by atoms with Crippen molar-refractivity contribution in [1.29, 1.82) is 0 Å². The van der Waals surface area contributed by atoms with E-state index in [0.29, 0.717) is 29.1 Å². The van der Waals surface area contributed by atoms with Gasteiger partial charge in [0, 0.05) is 17.9 Å². The molecule has 1 aromatic heterocycles. The minimum atomic E-state index is -1.37. The van der Waals surface area contributed by atoms with Crippen molar-refractivity contribution in [1.82, 2.24) is 35.3 Å². The van der Waals surface area contributed by atoms with Gasteiger partial charge in [-0.3, -0.25) is 14.5 Å². The van der Waals surface area contributed by atoms with Gasteiger partial charge in [-0.1, -0.05) is 30.3 Å². The SMILES string of the molecule is C[C@]1(c2cccc(-n3cnnn3)c2)NC(=O)N(CC(=O)N2CCS[C@H]2c2ccccc2F)C1=O. The molecule has 0 aliphatic carbocycles. The third kappa shape index (κ3) is 3.69. The summed E-state index contributed by atoms with van der Waals surface area (Å²) in [5, 5.41) is 13.3. The second-order valence-corrected chi connectivity index (χ2v) is 9.27. The molecular weight excluding hydrogens is 461 g/mol. The number of amides is 4. The quantitative estimate of drug-likeness (QED) is 0.553. The van der Waals surface area contributed by atoms with E-state index in [1.807, 2.05) is 0 Å². The molecule has 10 nitrogen and oxygen atoms in total. The van der Waals surface area contributed by atoms with Crippen molar-refractivity contribution in [3.8, 4) is 5.69 Å². The molecule has 3 aromatic rings. The molecule has 0 saturated carbocycles. The Balaban J connectivity index is 1.36. The molecule has 5 rings (SSSR count). The molecule has 3 heterocycles. The van der Waals surface area contributed by atoms with Crippen LogP contribution in [0.25, 0.3) is 5.69 Å². The van der Waals surface area contributed by atoms with Gasteiger partial charge in [-0.2, -0.15) is 0 Å². The second kappa shape index (κ2) is 8.52. The molecule has 174 valence electrons. The number of halogens is 1. The molecular formula is C22H20FN7O3S. The number of thioether (sulfide) groups is 1. The number of aromatic nitrogens is 4. The fourth-order valence-corrected chi connectivity index (χ4v) is 5.46. The van der Waals surface area contributed by atoms with E-state index in [1.165, 1.54) is 33.7 Å². The summed E-state index contributed by atoms with van der Waals surface area (Å²) in [6.07, 6.45) is 1.42. The van der Waals surface area contributed by atoms with E-state index in [0.717, 1.165) is 4.90 Å². The summed E-state index contributed by atoms with van der Waals surface area (Å²) in [5.41, 5.74) is 0.170. The molecule has 2 atom stereocenters. The van der Waals surface area contributed by atoms with E-state index < -0.39 is 41.1 Å². The zero-order valence-corrected chi connectivity index (χ0v) is 18.9. The van der Waals surface area contributed by atoms with Gasteiger partial charge in [0.25, 0.3) is 5.91 Å². The lowest BCUT2D eigenvalue weighted by Crippen LogP contribution is -2.44. The summed E-state index contributed by atoms with van der Waals surface area (Å²) >= 11 is 1.45. The largest absolute Gasteiger partial charge is 0.325 e. The van der Waals surface area contributed by atoms with E-state index in [1.54, 1.807) is 49.4 Å². The monoisotopic (exact) mass is 481 g/mol. The predicted molar refractivity (Wildman–Crippen MR) is 120 cm³/mol. The van der Waals surface area contributed by atoms with Crippen LogP contribution in [0.15, 0.2) is 54.9 Å². The van der Waals surface area contributed by atoms with Crippen LogP contribution < -0.4 is 5.32 Å². The van der Waals surface area contributed by atoms with Crippen LogP contribution in [0.4, 0.5) is 9.18 Å². The normalized spacial score (nSPS) is 22.4. The summed E-state index contributed by atoms with van der Waals surface area (Å²) in [7, 11) is 0. The lowest BCUT2D eigenvalue weighted by atomic mass is 9.91. The Hall–Kier alpha value is -3.80. The van der Waals surface area contributed by atoms with Gasteiger partial charge in [0.15, 0.2) is 0 Å². The molecule has 2 saturated heterocycles. The molecule has 2 fully saturated rings. The molecule has 34 heavy (non-hydrogen) atoms. The van der Waals surface area contributed by atoms with Gasteiger partial charge in [-0.05, 0) is 41.1 Å². The Morgan fingerprint density at radius 3 is 2.82 bits per heavy atom. The molecule has 2 aliphatic rings. The molecule has 0 spiro atoms. The first-order chi connectivity index (χ1) is 16.4. The molecule has 0 unspecified atom stereocenters. The molecule has 1 N–H and O–H groups in total. The maximum Gasteiger partial charge on any atom is 0.325 e. The van der Waals surface area contributed by atoms with Crippen LogP contribution in [0.1, 0.15) is 23.4 Å². The van der Waals surface area contributed by atoms with Gasteiger partial charge in [0.05, 0.1) is 5.69 Å². The van der Waals surface area contributed by atoms with Gasteiger partial charge in [-0.15, -0.1) is 16.9 Å². The molecule has 2 aliphatic heterocycles. The Kier molecular flexibility index (Phi) is 5.52. The lowest BCUT2D eigenvalue weighted by Gasteiger charge is -2.26. The number of rotatable bonds is 5. The third-order valence-electron chi connectivity index (χ3n) is 5.99. The summed E-state index contributed by atoms with van der Waals surface area (Å²) in [4.78, 5) is 41.7. The van der Waals surface area contributed by atoms with E-state index in [-0.39, 0.29) is 0 Å². The van der Waals surface area contributed by atoms with E-state index >= 15 is 0 Å². The van der Waals surface area contributed by atoms with Crippen molar-refractivity contribution in [2.45, 2.75) is 17.8 Å². The van der Waals surface area contributed by atoms with Crippen molar-refractivity contribution < 1.29 is 18.8 Å². The Labute approximate surface area is 198 Å². The van der Waals surface area contributed by atoms with Gasteiger partial charge in [0.1, 0.15) is 29.6 Å². The fourth-order valence-electron chi connectivity index (χ4n) is 4.16. The molecule has 4 amide bonds. The predicted octanol–water partition coefficient (Wildman–Crippen LogP) is 1.84. The van der Waals surface area contributed by atoms with Crippen LogP contribution in [0.2, 0.25) is 0 Å². The van der Waals surface area contributed by atoms with E-state index in [4.69, 9.17) is 0 Å². The van der Waals surface area contributed by atoms with Gasteiger partial charge < -0.3 is 10.2 Å². The van der Waals surface area contributed by atoms with Crippen LogP contribution in [-0.4, -0.2) is 66.7 Å². The zero-order chi connectivity index (χ0) is 23.9. The molecule has 0 bridgehead atoms. The van der Waals surface area contributed by atoms with Crippen LogP contribution in [0.5, 0.6) is 0 Å². The number of carbonyl (C=O) groups excluding carboxylic acids is 3. The van der Waals surface area contributed by atoms with Gasteiger partial charge in [0.2, 0.25) is 5.91 Å². The van der Waals surface area contributed by atoms with Crippen LogP contribution in [0.3, 0.4) is 0 Å². The molecule has 12 heteroatoms. The Morgan fingerprint density at radius 1 is 1.24 bits per heavy atom. The van der Waals surface area contributed by atoms with Crippen LogP contribution in [0, 0.1) is 5.82 Å². The number of carbonyl (C=O) groups is 3. The zero-order valence-electron chi connectivity index (χ0n) is 18.1. The van der Waals surface area contributed by atoms with Crippen LogP contribution in [-0.2, 0) is 15.1 Å². The first-order valence-corrected chi connectivity index (χ1v) is 11.6. The minimum absolute atomic E-state index is 0.398.